The quantitative estimate of drug-likeness (QED) is 0.848. The van der Waals surface area contributed by atoms with Crippen LogP contribution in [0.15, 0.2) is 12.1 Å². The summed E-state index contributed by atoms with van der Waals surface area (Å²) in [6.07, 6.45) is 3.33. The Morgan fingerprint density at radius 3 is 2.62 bits per heavy atom. The van der Waals surface area contributed by atoms with E-state index in [9.17, 15) is 18.0 Å². The van der Waals surface area contributed by atoms with Crippen molar-refractivity contribution in [1.29, 1.82) is 0 Å². The molecule has 1 heterocycles. The lowest BCUT2D eigenvalue weighted by Gasteiger charge is -2.35. The summed E-state index contributed by atoms with van der Waals surface area (Å²) in [5, 5.41) is 8.76. The Bertz CT molecular complexity index is 522. The normalized spacial score (nSPS) is 19.7. The standard InChI is InChI=1S/C15H18F3NO2/c16-12-8-14(18)13(17)7-10(12)9-19-6-2-1-3-11(19)4-5-15(20)21/h7-8,11H,1-6,9H2,(H,20,21). The number of carboxylic acid groups (broad SMARTS) is 1. The highest BCUT2D eigenvalue weighted by Crippen LogP contribution is 2.24. The fourth-order valence-electron chi connectivity index (χ4n) is 2.79. The van der Waals surface area contributed by atoms with E-state index < -0.39 is 23.4 Å². The molecule has 0 aromatic heterocycles. The average Bonchev–Trinajstić information content (AvgIpc) is 2.43. The van der Waals surface area contributed by atoms with Crippen LogP contribution in [0.25, 0.3) is 0 Å². The number of likely N-dealkylation sites (tertiary alicyclic amines) is 1. The fraction of sp³-hybridized carbons (Fsp3) is 0.533. The molecule has 1 saturated heterocycles. The number of halogens is 3. The minimum absolute atomic E-state index is 0.0439. The van der Waals surface area contributed by atoms with E-state index in [2.05, 4.69) is 0 Å². The zero-order chi connectivity index (χ0) is 15.4. The Labute approximate surface area is 121 Å². The first kappa shape index (κ1) is 15.8. The molecule has 1 unspecified atom stereocenters. The van der Waals surface area contributed by atoms with Crippen molar-refractivity contribution < 1.29 is 23.1 Å². The van der Waals surface area contributed by atoms with Crippen molar-refractivity contribution in [2.24, 2.45) is 0 Å². The summed E-state index contributed by atoms with van der Waals surface area (Å²) < 4.78 is 39.9. The number of aliphatic carboxylic acids is 1. The van der Waals surface area contributed by atoms with Crippen LogP contribution in [0.5, 0.6) is 0 Å². The van der Waals surface area contributed by atoms with Crippen molar-refractivity contribution in [1.82, 2.24) is 4.90 Å². The Balaban J connectivity index is 2.08. The summed E-state index contributed by atoms with van der Waals surface area (Å²) in [7, 11) is 0. The summed E-state index contributed by atoms with van der Waals surface area (Å²) in [5.74, 6) is -3.89. The third kappa shape index (κ3) is 4.20. The predicted octanol–water partition coefficient (Wildman–Crippen LogP) is 3.32. The van der Waals surface area contributed by atoms with Gasteiger partial charge in [0.25, 0.3) is 0 Å². The van der Waals surface area contributed by atoms with Crippen LogP contribution in [0.4, 0.5) is 13.2 Å². The number of hydrogen-bond donors (Lipinski definition) is 1. The molecular formula is C15H18F3NO2. The van der Waals surface area contributed by atoms with Gasteiger partial charge in [0.2, 0.25) is 0 Å². The van der Waals surface area contributed by atoms with Crippen LogP contribution in [0.2, 0.25) is 0 Å². The molecule has 0 radical (unpaired) electrons. The first-order valence-corrected chi connectivity index (χ1v) is 7.06. The number of piperidine rings is 1. The lowest BCUT2D eigenvalue weighted by molar-refractivity contribution is -0.137. The van der Waals surface area contributed by atoms with Crippen molar-refractivity contribution >= 4 is 5.97 Å². The van der Waals surface area contributed by atoms with Crippen LogP contribution in [0.3, 0.4) is 0 Å². The van der Waals surface area contributed by atoms with E-state index in [1.807, 2.05) is 4.90 Å². The molecule has 1 aromatic carbocycles. The maximum atomic E-state index is 13.7. The van der Waals surface area contributed by atoms with Crippen molar-refractivity contribution in [3.63, 3.8) is 0 Å². The van der Waals surface area contributed by atoms with E-state index in [0.29, 0.717) is 19.0 Å². The molecule has 116 valence electrons. The lowest BCUT2D eigenvalue weighted by Crippen LogP contribution is -2.39. The second kappa shape index (κ2) is 6.93. The van der Waals surface area contributed by atoms with Gasteiger partial charge in [-0.1, -0.05) is 6.42 Å². The minimum atomic E-state index is -1.20. The summed E-state index contributed by atoms with van der Waals surface area (Å²) >= 11 is 0. The van der Waals surface area contributed by atoms with Crippen molar-refractivity contribution in [3.8, 4) is 0 Å². The van der Waals surface area contributed by atoms with Gasteiger partial charge < -0.3 is 5.11 Å². The largest absolute Gasteiger partial charge is 0.481 e. The molecule has 1 aliphatic heterocycles. The number of nitrogens with zero attached hydrogens (tertiary/aromatic N) is 1. The second-order valence-electron chi connectivity index (χ2n) is 5.41. The Morgan fingerprint density at radius 1 is 1.19 bits per heavy atom. The molecule has 2 rings (SSSR count). The van der Waals surface area contributed by atoms with E-state index in [1.165, 1.54) is 0 Å². The molecule has 0 saturated carbocycles. The predicted molar refractivity (Wildman–Crippen MR) is 71.2 cm³/mol. The molecule has 21 heavy (non-hydrogen) atoms. The Hall–Kier alpha value is -1.56. The molecule has 0 bridgehead atoms. The topological polar surface area (TPSA) is 40.5 Å². The smallest absolute Gasteiger partial charge is 0.303 e. The fourth-order valence-corrected chi connectivity index (χ4v) is 2.79. The molecule has 0 spiro atoms. The molecule has 0 amide bonds. The highest BCUT2D eigenvalue weighted by atomic mass is 19.2. The summed E-state index contributed by atoms with van der Waals surface area (Å²) in [5.41, 5.74) is 0.108. The number of hydrogen-bond acceptors (Lipinski definition) is 2. The molecule has 1 fully saturated rings. The van der Waals surface area contributed by atoms with Gasteiger partial charge in [-0.05, 0) is 31.9 Å². The monoisotopic (exact) mass is 301 g/mol. The van der Waals surface area contributed by atoms with Crippen LogP contribution in [-0.4, -0.2) is 28.6 Å². The highest BCUT2D eigenvalue weighted by Gasteiger charge is 2.24. The number of benzene rings is 1. The van der Waals surface area contributed by atoms with Crippen molar-refractivity contribution in [2.45, 2.75) is 44.7 Å². The van der Waals surface area contributed by atoms with Gasteiger partial charge in [0.15, 0.2) is 11.6 Å². The molecule has 1 N–H and O–H groups in total. The van der Waals surface area contributed by atoms with E-state index >= 15 is 0 Å². The summed E-state index contributed by atoms with van der Waals surface area (Å²) in [6.45, 7) is 0.885. The number of carboxylic acids is 1. The van der Waals surface area contributed by atoms with Gasteiger partial charge in [-0.3, -0.25) is 9.69 Å². The van der Waals surface area contributed by atoms with Crippen LogP contribution in [0, 0.1) is 17.5 Å². The van der Waals surface area contributed by atoms with E-state index in [4.69, 9.17) is 5.11 Å². The van der Waals surface area contributed by atoms with Gasteiger partial charge in [-0.25, -0.2) is 13.2 Å². The SMILES string of the molecule is O=C(O)CCC1CCCCN1Cc1cc(F)c(F)cc1F. The van der Waals surface area contributed by atoms with Gasteiger partial charge in [0.05, 0.1) is 0 Å². The van der Waals surface area contributed by atoms with Gasteiger partial charge >= 0.3 is 5.97 Å². The highest BCUT2D eigenvalue weighted by molar-refractivity contribution is 5.66. The second-order valence-corrected chi connectivity index (χ2v) is 5.41. The number of carbonyl (C=O) groups is 1. The Kier molecular flexibility index (Phi) is 5.22. The maximum Gasteiger partial charge on any atom is 0.303 e. The molecule has 1 atom stereocenters. The van der Waals surface area contributed by atoms with Crippen LogP contribution in [-0.2, 0) is 11.3 Å². The molecular weight excluding hydrogens is 283 g/mol. The van der Waals surface area contributed by atoms with E-state index in [1.54, 1.807) is 0 Å². The summed E-state index contributed by atoms with van der Waals surface area (Å²) in [4.78, 5) is 12.6. The third-order valence-corrected chi connectivity index (χ3v) is 3.90. The minimum Gasteiger partial charge on any atom is -0.481 e. The summed E-state index contributed by atoms with van der Waals surface area (Å²) in [6, 6.07) is 1.48. The van der Waals surface area contributed by atoms with Crippen molar-refractivity contribution in [2.75, 3.05) is 6.54 Å². The van der Waals surface area contributed by atoms with Gasteiger partial charge in [-0.15, -0.1) is 0 Å². The molecule has 1 aromatic rings. The molecule has 1 aliphatic rings. The van der Waals surface area contributed by atoms with E-state index in [-0.39, 0.29) is 24.6 Å². The first-order chi connectivity index (χ1) is 9.97. The average molecular weight is 301 g/mol. The van der Waals surface area contributed by atoms with Crippen LogP contribution in [0.1, 0.15) is 37.7 Å². The third-order valence-electron chi connectivity index (χ3n) is 3.90. The van der Waals surface area contributed by atoms with Crippen LogP contribution < -0.4 is 0 Å². The zero-order valence-electron chi connectivity index (χ0n) is 11.6. The van der Waals surface area contributed by atoms with Crippen molar-refractivity contribution in [3.05, 3.63) is 35.1 Å². The van der Waals surface area contributed by atoms with Gasteiger partial charge in [0, 0.05) is 30.6 Å². The molecule has 3 nitrogen and oxygen atoms in total. The first-order valence-electron chi connectivity index (χ1n) is 7.06. The Morgan fingerprint density at radius 2 is 1.90 bits per heavy atom. The van der Waals surface area contributed by atoms with Crippen LogP contribution >= 0.6 is 0 Å². The van der Waals surface area contributed by atoms with Gasteiger partial charge in [0.1, 0.15) is 5.82 Å². The maximum absolute atomic E-state index is 13.7. The molecule has 6 heteroatoms. The zero-order valence-corrected chi connectivity index (χ0v) is 11.6. The van der Waals surface area contributed by atoms with E-state index in [0.717, 1.165) is 25.3 Å². The molecule has 0 aliphatic carbocycles. The lowest BCUT2D eigenvalue weighted by atomic mass is 9.97. The van der Waals surface area contributed by atoms with Gasteiger partial charge in [-0.2, -0.15) is 0 Å². The number of rotatable bonds is 5.